The number of carbonyl (C=O) groups excluding carboxylic acids is 1. The summed E-state index contributed by atoms with van der Waals surface area (Å²) in [5.74, 6) is -1.31. The van der Waals surface area contributed by atoms with Gasteiger partial charge in [0.15, 0.2) is 5.17 Å². The third-order valence-electron chi connectivity index (χ3n) is 2.61. The van der Waals surface area contributed by atoms with E-state index in [1.165, 1.54) is 0 Å². The molecule has 1 aliphatic carbocycles. The molecule has 0 aromatic heterocycles. The first kappa shape index (κ1) is 12.1. The maximum absolute atomic E-state index is 11.3. The van der Waals surface area contributed by atoms with Gasteiger partial charge in [-0.3, -0.25) is 9.59 Å². The van der Waals surface area contributed by atoms with Crippen molar-refractivity contribution < 1.29 is 14.7 Å². The zero-order valence-corrected chi connectivity index (χ0v) is 10.00. The van der Waals surface area contributed by atoms with E-state index in [2.05, 4.69) is 15.5 Å². The molecule has 1 aliphatic heterocycles. The highest BCUT2D eigenvalue weighted by molar-refractivity contribution is 8.15. The highest BCUT2D eigenvalue weighted by Gasteiger charge is 2.29. The van der Waals surface area contributed by atoms with E-state index < -0.39 is 11.2 Å². The van der Waals surface area contributed by atoms with Gasteiger partial charge in [0.25, 0.3) is 0 Å². The predicted octanol–water partition coefficient (Wildman–Crippen LogP) is 0.979. The number of hydrogen-bond acceptors (Lipinski definition) is 5. The number of carboxylic acid groups (broad SMARTS) is 1. The number of nitrogens with one attached hydrogen (secondary N) is 1. The number of aliphatic carboxylic acids is 1. The Morgan fingerprint density at radius 1 is 1.35 bits per heavy atom. The van der Waals surface area contributed by atoms with Crippen LogP contribution in [-0.2, 0) is 9.59 Å². The Morgan fingerprint density at radius 3 is 2.71 bits per heavy atom. The van der Waals surface area contributed by atoms with Crippen molar-refractivity contribution in [3.63, 3.8) is 0 Å². The second-order valence-corrected chi connectivity index (χ2v) is 5.17. The summed E-state index contributed by atoms with van der Waals surface area (Å²) in [7, 11) is 0. The van der Waals surface area contributed by atoms with Crippen molar-refractivity contribution in [3.05, 3.63) is 0 Å². The fourth-order valence-corrected chi connectivity index (χ4v) is 2.60. The molecule has 0 aromatic rings. The molecular weight excluding hydrogens is 242 g/mol. The van der Waals surface area contributed by atoms with E-state index >= 15 is 0 Å². The molecule has 1 saturated heterocycles. The van der Waals surface area contributed by atoms with Gasteiger partial charge in [-0.2, -0.15) is 5.10 Å². The number of hydrogen-bond donors (Lipinski definition) is 2. The molecule has 0 aromatic carbocycles. The normalized spacial score (nSPS) is 27.1. The molecule has 0 radical (unpaired) electrons. The van der Waals surface area contributed by atoms with Crippen LogP contribution in [0.25, 0.3) is 0 Å². The van der Waals surface area contributed by atoms with Gasteiger partial charge in [-0.25, -0.2) is 0 Å². The van der Waals surface area contributed by atoms with Crippen molar-refractivity contribution in [3.8, 4) is 0 Å². The highest BCUT2D eigenvalue weighted by atomic mass is 32.2. The van der Waals surface area contributed by atoms with E-state index in [0.717, 1.165) is 43.2 Å². The molecule has 1 saturated carbocycles. The summed E-state index contributed by atoms with van der Waals surface area (Å²) in [5, 5.41) is 18.9. The molecule has 0 spiro atoms. The Balaban J connectivity index is 2.04. The summed E-state index contributed by atoms with van der Waals surface area (Å²) in [5.41, 5.74) is 1.02. The van der Waals surface area contributed by atoms with Crippen molar-refractivity contribution in [2.45, 2.75) is 37.4 Å². The maximum Gasteiger partial charge on any atom is 0.317 e. The molecule has 7 heteroatoms. The number of amidine groups is 1. The Labute approximate surface area is 103 Å². The third-order valence-corrected chi connectivity index (χ3v) is 3.67. The van der Waals surface area contributed by atoms with Gasteiger partial charge in [0.2, 0.25) is 5.91 Å². The van der Waals surface area contributed by atoms with Gasteiger partial charge in [-0.15, -0.1) is 5.10 Å². The van der Waals surface area contributed by atoms with Crippen molar-refractivity contribution in [1.82, 2.24) is 5.32 Å². The van der Waals surface area contributed by atoms with Crippen LogP contribution in [0.4, 0.5) is 0 Å². The van der Waals surface area contributed by atoms with Gasteiger partial charge in [-0.1, -0.05) is 11.8 Å². The van der Waals surface area contributed by atoms with Gasteiger partial charge in [0.05, 0.1) is 0 Å². The zero-order chi connectivity index (χ0) is 12.3. The van der Waals surface area contributed by atoms with Crippen LogP contribution in [0.1, 0.15) is 32.1 Å². The summed E-state index contributed by atoms with van der Waals surface area (Å²) in [6.07, 6.45) is 4.12. The van der Waals surface area contributed by atoms with Gasteiger partial charge in [0.1, 0.15) is 5.25 Å². The molecule has 1 amide bonds. The van der Waals surface area contributed by atoms with E-state index in [4.69, 9.17) is 5.11 Å². The first-order valence-corrected chi connectivity index (χ1v) is 6.36. The molecule has 6 nitrogen and oxygen atoms in total. The lowest BCUT2D eigenvalue weighted by atomic mass is 10.3. The van der Waals surface area contributed by atoms with Crippen molar-refractivity contribution in [2.24, 2.45) is 10.2 Å². The quantitative estimate of drug-likeness (QED) is 0.719. The van der Waals surface area contributed by atoms with Gasteiger partial charge in [0, 0.05) is 12.1 Å². The first-order valence-electron chi connectivity index (χ1n) is 5.48. The molecule has 92 valence electrons. The van der Waals surface area contributed by atoms with Crippen molar-refractivity contribution in [1.29, 1.82) is 0 Å². The molecule has 2 aliphatic rings. The lowest BCUT2D eigenvalue weighted by molar-refractivity contribution is -0.138. The first-order chi connectivity index (χ1) is 8.15. The molecule has 17 heavy (non-hydrogen) atoms. The SMILES string of the molecule is O=C1C[C@H](C(=O)O)SC(=NN=C2CCCC2)N1. The van der Waals surface area contributed by atoms with Crippen LogP contribution in [0, 0.1) is 0 Å². The fraction of sp³-hybridized carbons (Fsp3) is 0.600. The molecule has 1 atom stereocenters. The molecule has 2 fully saturated rings. The van der Waals surface area contributed by atoms with Gasteiger partial charge in [-0.05, 0) is 25.7 Å². The summed E-state index contributed by atoms with van der Waals surface area (Å²) in [6.45, 7) is 0. The van der Waals surface area contributed by atoms with Crippen LogP contribution in [-0.4, -0.2) is 33.1 Å². The minimum Gasteiger partial charge on any atom is -0.480 e. The van der Waals surface area contributed by atoms with E-state index in [1.807, 2.05) is 0 Å². The number of carboxylic acids is 1. The number of thioether (sulfide) groups is 1. The monoisotopic (exact) mass is 255 g/mol. The average molecular weight is 255 g/mol. The topological polar surface area (TPSA) is 91.1 Å². The van der Waals surface area contributed by atoms with Crippen LogP contribution < -0.4 is 5.32 Å². The van der Waals surface area contributed by atoms with E-state index in [1.54, 1.807) is 0 Å². The average Bonchev–Trinajstić information content (AvgIpc) is 2.78. The summed E-state index contributed by atoms with van der Waals surface area (Å²) in [6, 6.07) is 0. The van der Waals surface area contributed by atoms with Crippen LogP contribution in [0.2, 0.25) is 0 Å². The number of rotatable bonds is 2. The Hall–Kier alpha value is -1.37. The highest BCUT2D eigenvalue weighted by Crippen LogP contribution is 2.21. The van der Waals surface area contributed by atoms with E-state index in [0.29, 0.717) is 0 Å². The second-order valence-electron chi connectivity index (χ2n) is 3.98. The van der Waals surface area contributed by atoms with Crippen LogP contribution >= 0.6 is 11.8 Å². The Morgan fingerprint density at radius 2 is 2.06 bits per heavy atom. The number of amides is 1. The lowest BCUT2D eigenvalue weighted by Gasteiger charge is -2.18. The van der Waals surface area contributed by atoms with Crippen molar-refractivity contribution in [2.75, 3.05) is 0 Å². The largest absolute Gasteiger partial charge is 0.480 e. The van der Waals surface area contributed by atoms with Crippen LogP contribution in [0.15, 0.2) is 10.2 Å². The molecule has 0 bridgehead atoms. The molecule has 2 rings (SSSR count). The predicted molar refractivity (Wildman–Crippen MR) is 65.1 cm³/mol. The minimum atomic E-state index is -0.994. The van der Waals surface area contributed by atoms with Crippen LogP contribution in [0.3, 0.4) is 0 Å². The standard InChI is InChI=1S/C10H13N3O3S/c14-8-5-7(9(15)16)17-10(11-8)13-12-6-3-1-2-4-6/h7H,1-5H2,(H,15,16)(H,11,13,14)/t7-/m1/s1. The summed E-state index contributed by atoms with van der Waals surface area (Å²) in [4.78, 5) is 22.1. The van der Waals surface area contributed by atoms with Gasteiger partial charge < -0.3 is 10.4 Å². The molecule has 1 heterocycles. The zero-order valence-electron chi connectivity index (χ0n) is 9.18. The minimum absolute atomic E-state index is 0.0183. The molecule has 0 unspecified atom stereocenters. The fourth-order valence-electron chi connectivity index (χ4n) is 1.73. The molecular formula is C10H13N3O3S. The van der Waals surface area contributed by atoms with Crippen LogP contribution in [0.5, 0.6) is 0 Å². The second kappa shape index (κ2) is 5.31. The maximum atomic E-state index is 11.3. The summed E-state index contributed by atoms with van der Waals surface area (Å²) < 4.78 is 0. The number of carbonyl (C=O) groups is 2. The van der Waals surface area contributed by atoms with Gasteiger partial charge >= 0.3 is 5.97 Å². The number of nitrogens with zero attached hydrogens (tertiary/aromatic N) is 2. The Kier molecular flexibility index (Phi) is 3.78. The molecule has 2 N–H and O–H groups in total. The lowest BCUT2D eigenvalue weighted by Crippen LogP contribution is -2.40. The summed E-state index contributed by atoms with van der Waals surface area (Å²) >= 11 is 1.04. The smallest absolute Gasteiger partial charge is 0.317 e. The third kappa shape index (κ3) is 3.29. The van der Waals surface area contributed by atoms with E-state index in [-0.39, 0.29) is 17.5 Å². The van der Waals surface area contributed by atoms with E-state index in [9.17, 15) is 9.59 Å². The van der Waals surface area contributed by atoms with Crippen molar-refractivity contribution >= 4 is 34.5 Å². The Bertz CT molecular complexity index is 398.